The molecule has 0 aliphatic rings. The Balaban J connectivity index is 1.54. The smallest absolute Gasteiger partial charge is 0.242 e. The van der Waals surface area contributed by atoms with E-state index in [0.29, 0.717) is 13.2 Å². The molecule has 0 atom stereocenters. The number of likely N-dealkylation sites (N-methyl/N-ethyl adjacent to an activating group) is 1. The number of nitrogens with zero attached hydrogens (tertiary/aromatic N) is 3. The van der Waals surface area contributed by atoms with Crippen LogP contribution >= 0.6 is 0 Å². The Kier molecular flexibility index (Phi) is 5.80. The van der Waals surface area contributed by atoms with Gasteiger partial charge in [-0.3, -0.25) is 4.79 Å². The summed E-state index contributed by atoms with van der Waals surface area (Å²) in [6.07, 6.45) is 0. The molecule has 0 aliphatic carbocycles. The van der Waals surface area contributed by atoms with Gasteiger partial charge in [0.05, 0.1) is 11.0 Å². The minimum atomic E-state index is 0.0300. The standard InChI is InChI=1S/C25H25N3O2/c1-19-10-6-7-11-20(19)16-27(2)25(29)17-28-23-15-9-8-14-22(23)26-24(28)18-30-21-12-4-3-5-13-21/h3-15H,16-18H2,1-2H3. The topological polar surface area (TPSA) is 47.4 Å². The number of amides is 1. The molecule has 0 saturated carbocycles. The predicted molar refractivity (Wildman–Crippen MR) is 118 cm³/mol. The molecule has 0 saturated heterocycles. The van der Waals surface area contributed by atoms with Gasteiger partial charge in [-0.15, -0.1) is 0 Å². The van der Waals surface area contributed by atoms with Crippen molar-refractivity contribution in [1.29, 1.82) is 0 Å². The first-order valence-electron chi connectivity index (χ1n) is 10.0. The van der Waals surface area contributed by atoms with Gasteiger partial charge in [0.15, 0.2) is 0 Å². The number of hydrogen-bond acceptors (Lipinski definition) is 3. The van der Waals surface area contributed by atoms with E-state index in [1.165, 1.54) is 5.56 Å². The highest BCUT2D eigenvalue weighted by Gasteiger charge is 2.17. The molecule has 30 heavy (non-hydrogen) atoms. The Morgan fingerprint density at radius 1 is 0.967 bits per heavy atom. The lowest BCUT2D eigenvalue weighted by atomic mass is 10.1. The van der Waals surface area contributed by atoms with Crippen LogP contribution in [-0.4, -0.2) is 27.4 Å². The molecule has 0 bridgehead atoms. The zero-order valence-corrected chi connectivity index (χ0v) is 17.3. The normalized spacial score (nSPS) is 10.9. The van der Waals surface area contributed by atoms with Gasteiger partial charge >= 0.3 is 0 Å². The largest absolute Gasteiger partial charge is 0.486 e. The van der Waals surface area contributed by atoms with E-state index in [2.05, 4.69) is 19.1 Å². The Hall–Kier alpha value is -3.60. The Morgan fingerprint density at radius 3 is 2.47 bits per heavy atom. The molecule has 0 spiro atoms. The molecule has 0 aliphatic heterocycles. The van der Waals surface area contributed by atoms with Crippen LogP contribution in [0.5, 0.6) is 5.75 Å². The summed E-state index contributed by atoms with van der Waals surface area (Å²) in [5.41, 5.74) is 4.12. The molecule has 0 radical (unpaired) electrons. The highest BCUT2D eigenvalue weighted by molar-refractivity contribution is 5.81. The fourth-order valence-corrected chi connectivity index (χ4v) is 3.46. The number of ether oxygens (including phenoxy) is 1. The summed E-state index contributed by atoms with van der Waals surface area (Å²) in [6.45, 7) is 3.16. The van der Waals surface area contributed by atoms with E-state index in [9.17, 15) is 4.79 Å². The first-order chi connectivity index (χ1) is 14.6. The average Bonchev–Trinajstić information content (AvgIpc) is 3.12. The number of aromatic nitrogens is 2. The highest BCUT2D eigenvalue weighted by atomic mass is 16.5. The average molecular weight is 399 g/mol. The van der Waals surface area contributed by atoms with Crippen molar-refractivity contribution in [2.75, 3.05) is 7.05 Å². The highest BCUT2D eigenvalue weighted by Crippen LogP contribution is 2.19. The van der Waals surface area contributed by atoms with Crippen molar-refractivity contribution in [1.82, 2.24) is 14.5 Å². The van der Waals surface area contributed by atoms with E-state index in [1.54, 1.807) is 4.90 Å². The minimum absolute atomic E-state index is 0.0300. The molecule has 1 heterocycles. The van der Waals surface area contributed by atoms with Gasteiger partial charge in [0.25, 0.3) is 0 Å². The molecule has 1 aromatic heterocycles. The fourth-order valence-electron chi connectivity index (χ4n) is 3.46. The molecule has 4 aromatic rings. The fraction of sp³-hybridized carbons (Fsp3) is 0.200. The summed E-state index contributed by atoms with van der Waals surface area (Å²) in [5, 5.41) is 0. The molecule has 1 amide bonds. The zero-order valence-electron chi connectivity index (χ0n) is 17.3. The number of carbonyl (C=O) groups is 1. The molecule has 5 nitrogen and oxygen atoms in total. The van der Waals surface area contributed by atoms with Crippen molar-refractivity contribution in [3.8, 4) is 5.75 Å². The predicted octanol–water partition coefficient (Wildman–Crippen LogP) is 4.58. The van der Waals surface area contributed by atoms with Crippen LogP contribution in [0, 0.1) is 6.92 Å². The van der Waals surface area contributed by atoms with Crippen LogP contribution in [0.2, 0.25) is 0 Å². The number of rotatable bonds is 7. The van der Waals surface area contributed by atoms with Gasteiger partial charge in [-0.2, -0.15) is 0 Å². The monoisotopic (exact) mass is 399 g/mol. The van der Waals surface area contributed by atoms with Gasteiger partial charge in [-0.05, 0) is 42.3 Å². The molecular weight excluding hydrogens is 374 g/mol. The van der Waals surface area contributed by atoms with Crippen molar-refractivity contribution in [3.05, 3.63) is 95.8 Å². The number of fused-ring (bicyclic) bond motifs is 1. The van der Waals surface area contributed by atoms with Crippen LogP contribution in [0.25, 0.3) is 11.0 Å². The van der Waals surface area contributed by atoms with E-state index in [-0.39, 0.29) is 12.5 Å². The van der Waals surface area contributed by atoms with Crippen LogP contribution in [0.1, 0.15) is 17.0 Å². The number of para-hydroxylation sites is 3. The molecule has 152 valence electrons. The summed E-state index contributed by atoms with van der Waals surface area (Å²) in [4.78, 5) is 19.5. The molecule has 4 rings (SSSR count). The third-order valence-corrected chi connectivity index (χ3v) is 5.23. The zero-order chi connectivity index (χ0) is 20.9. The van der Waals surface area contributed by atoms with E-state index < -0.39 is 0 Å². The quantitative estimate of drug-likeness (QED) is 0.457. The van der Waals surface area contributed by atoms with Crippen LogP contribution in [0.15, 0.2) is 78.9 Å². The minimum Gasteiger partial charge on any atom is -0.486 e. The van der Waals surface area contributed by atoms with Gasteiger partial charge in [0, 0.05) is 13.6 Å². The van der Waals surface area contributed by atoms with Gasteiger partial charge in [-0.1, -0.05) is 54.6 Å². The summed E-state index contributed by atoms with van der Waals surface area (Å²) >= 11 is 0. The summed E-state index contributed by atoms with van der Waals surface area (Å²) in [6, 6.07) is 25.6. The maximum Gasteiger partial charge on any atom is 0.242 e. The van der Waals surface area contributed by atoms with Crippen LogP contribution in [0.3, 0.4) is 0 Å². The number of benzene rings is 3. The van der Waals surface area contributed by atoms with Gasteiger partial charge in [0.1, 0.15) is 24.7 Å². The van der Waals surface area contributed by atoms with E-state index >= 15 is 0 Å². The van der Waals surface area contributed by atoms with Crippen LogP contribution in [0.4, 0.5) is 0 Å². The SMILES string of the molecule is Cc1ccccc1CN(C)C(=O)Cn1c(COc2ccccc2)nc2ccccc21. The lowest BCUT2D eigenvalue weighted by Gasteiger charge is -2.20. The second-order valence-corrected chi connectivity index (χ2v) is 7.38. The van der Waals surface area contributed by atoms with Crippen LogP contribution < -0.4 is 4.74 Å². The Bertz CT molecular complexity index is 1150. The molecule has 0 unspecified atom stereocenters. The second kappa shape index (κ2) is 8.82. The summed E-state index contributed by atoms with van der Waals surface area (Å²) in [5.74, 6) is 1.54. The molecule has 0 N–H and O–H groups in total. The number of carbonyl (C=O) groups excluding carboxylic acids is 1. The molecular formula is C25H25N3O2. The van der Waals surface area contributed by atoms with Crippen molar-refractivity contribution in [2.45, 2.75) is 26.6 Å². The lowest BCUT2D eigenvalue weighted by molar-refractivity contribution is -0.131. The maximum atomic E-state index is 13.0. The number of hydrogen-bond donors (Lipinski definition) is 0. The number of imidazole rings is 1. The Labute approximate surface area is 176 Å². The van der Waals surface area contributed by atoms with Gasteiger partial charge in [-0.25, -0.2) is 4.98 Å². The van der Waals surface area contributed by atoms with E-state index in [1.807, 2.05) is 78.3 Å². The van der Waals surface area contributed by atoms with Crippen molar-refractivity contribution in [3.63, 3.8) is 0 Å². The van der Waals surface area contributed by atoms with Crippen LogP contribution in [-0.2, 0) is 24.5 Å². The number of aryl methyl sites for hydroxylation is 1. The lowest BCUT2D eigenvalue weighted by Crippen LogP contribution is -2.30. The molecule has 5 heteroatoms. The van der Waals surface area contributed by atoms with Crippen molar-refractivity contribution >= 4 is 16.9 Å². The van der Waals surface area contributed by atoms with Crippen molar-refractivity contribution in [2.24, 2.45) is 0 Å². The molecule has 0 fully saturated rings. The van der Waals surface area contributed by atoms with Crippen molar-refractivity contribution < 1.29 is 9.53 Å². The van der Waals surface area contributed by atoms with Gasteiger partial charge < -0.3 is 14.2 Å². The summed E-state index contributed by atoms with van der Waals surface area (Å²) < 4.78 is 7.86. The second-order valence-electron chi connectivity index (χ2n) is 7.38. The maximum absolute atomic E-state index is 13.0. The Morgan fingerprint density at radius 2 is 1.67 bits per heavy atom. The molecule has 3 aromatic carbocycles. The first-order valence-corrected chi connectivity index (χ1v) is 10.0. The van der Waals surface area contributed by atoms with E-state index in [0.717, 1.165) is 28.2 Å². The first kappa shape index (κ1) is 19.7. The summed E-state index contributed by atoms with van der Waals surface area (Å²) in [7, 11) is 1.84. The van der Waals surface area contributed by atoms with E-state index in [4.69, 9.17) is 9.72 Å². The third-order valence-electron chi connectivity index (χ3n) is 5.23. The third kappa shape index (κ3) is 4.35. The van der Waals surface area contributed by atoms with Gasteiger partial charge in [0.2, 0.25) is 5.91 Å².